The van der Waals surface area contributed by atoms with Crippen molar-refractivity contribution in [3.05, 3.63) is 29.7 Å². The number of furan rings is 1. The molecule has 1 aliphatic heterocycles. The Hall–Kier alpha value is -1.36. The highest BCUT2D eigenvalue weighted by Gasteiger charge is 2.18. The van der Waals surface area contributed by atoms with Gasteiger partial charge in [0, 0.05) is 12.3 Å². The second-order valence-corrected chi connectivity index (χ2v) is 3.41. The van der Waals surface area contributed by atoms with Crippen LogP contribution in [0, 0.1) is 0 Å². The van der Waals surface area contributed by atoms with Gasteiger partial charge in [-0.1, -0.05) is 0 Å². The molecule has 1 aromatic heterocycles. The van der Waals surface area contributed by atoms with Crippen molar-refractivity contribution in [3.8, 4) is 0 Å². The van der Waals surface area contributed by atoms with Crippen molar-refractivity contribution < 1.29 is 9.21 Å². The summed E-state index contributed by atoms with van der Waals surface area (Å²) < 4.78 is 4.98. The first-order valence-corrected chi connectivity index (χ1v) is 4.76. The van der Waals surface area contributed by atoms with Gasteiger partial charge in [0.2, 0.25) is 5.76 Å². The molecular weight excluding hydrogens is 188 g/mol. The summed E-state index contributed by atoms with van der Waals surface area (Å²) in [6.07, 6.45) is 3.36. The van der Waals surface area contributed by atoms with Crippen LogP contribution in [0.25, 0.3) is 0 Å². The Morgan fingerprint density at radius 2 is 2.54 bits per heavy atom. The van der Waals surface area contributed by atoms with E-state index >= 15 is 0 Å². The minimum absolute atomic E-state index is 0.215. The molecule has 4 nitrogen and oxygen atoms in total. The molecule has 2 rings (SSSR count). The van der Waals surface area contributed by atoms with Crippen LogP contribution in [0.1, 0.15) is 10.6 Å². The number of nitrogens with zero attached hydrogens (tertiary/aromatic N) is 1. The molecule has 2 N–H and O–H groups in total. The Morgan fingerprint density at radius 3 is 3.15 bits per heavy atom. The van der Waals surface area contributed by atoms with Crippen LogP contribution < -0.4 is 10.6 Å². The standard InChI is InChI=1S/C8H8N2O2S/c9-8(11)7-6(1-3-12-7)10-2-4-13-5-10/h1-4H,5H2,(H2,9,11). The van der Waals surface area contributed by atoms with Gasteiger partial charge < -0.3 is 15.1 Å². The van der Waals surface area contributed by atoms with Crippen LogP contribution in [0.15, 0.2) is 28.4 Å². The van der Waals surface area contributed by atoms with Gasteiger partial charge in [-0.15, -0.1) is 11.8 Å². The van der Waals surface area contributed by atoms with Gasteiger partial charge >= 0.3 is 0 Å². The molecule has 5 heteroatoms. The molecule has 1 aromatic rings. The van der Waals surface area contributed by atoms with Gasteiger partial charge in [0.15, 0.2) is 0 Å². The Bertz CT molecular complexity index is 359. The molecule has 1 aliphatic rings. The predicted octanol–water partition coefficient (Wildman–Crippen LogP) is 1.36. The van der Waals surface area contributed by atoms with E-state index in [0.717, 1.165) is 11.6 Å². The average molecular weight is 196 g/mol. The van der Waals surface area contributed by atoms with E-state index in [4.69, 9.17) is 10.2 Å². The van der Waals surface area contributed by atoms with E-state index in [0.29, 0.717) is 0 Å². The highest BCUT2D eigenvalue weighted by molar-refractivity contribution is 8.02. The number of primary amides is 1. The number of hydrogen-bond acceptors (Lipinski definition) is 4. The van der Waals surface area contributed by atoms with Crippen LogP contribution >= 0.6 is 11.8 Å². The summed E-state index contributed by atoms with van der Waals surface area (Å²) in [6.45, 7) is 0. The zero-order valence-corrected chi connectivity index (χ0v) is 7.58. The molecule has 1 amide bonds. The van der Waals surface area contributed by atoms with E-state index in [1.165, 1.54) is 6.26 Å². The zero-order chi connectivity index (χ0) is 9.26. The van der Waals surface area contributed by atoms with E-state index in [-0.39, 0.29) is 5.76 Å². The second kappa shape index (κ2) is 3.18. The lowest BCUT2D eigenvalue weighted by atomic mass is 10.3. The zero-order valence-electron chi connectivity index (χ0n) is 6.77. The summed E-state index contributed by atoms with van der Waals surface area (Å²) in [6, 6.07) is 1.73. The van der Waals surface area contributed by atoms with Gasteiger partial charge in [-0.05, 0) is 5.41 Å². The molecule has 0 aliphatic carbocycles. The summed E-state index contributed by atoms with van der Waals surface area (Å²) in [5.41, 5.74) is 5.87. The molecule has 0 fully saturated rings. The number of rotatable bonds is 2. The fraction of sp³-hybridized carbons (Fsp3) is 0.125. The van der Waals surface area contributed by atoms with Gasteiger partial charge in [-0.3, -0.25) is 4.79 Å². The highest BCUT2D eigenvalue weighted by Crippen LogP contribution is 2.27. The van der Waals surface area contributed by atoms with Gasteiger partial charge in [0.05, 0.1) is 17.8 Å². The van der Waals surface area contributed by atoms with Gasteiger partial charge in [-0.25, -0.2) is 0 Å². The lowest BCUT2D eigenvalue weighted by Crippen LogP contribution is -2.17. The Labute approximate surface area is 79.4 Å². The molecule has 68 valence electrons. The minimum atomic E-state index is -0.537. The van der Waals surface area contributed by atoms with Crippen molar-refractivity contribution in [1.29, 1.82) is 0 Å². The number of amides is 1. The van der Waals surface area contributed by atoms with Crippen LogP contribution in [0.5, 0.6) is 0 Å². The summed E-state index contributed by atoms with van der Waals surface area (Å²) in [4.78, 5) is 12.8. The third-order valence-corrected chi connectivity index (χ3v) is 2.47. The monoisotopic (exact) mass is 196 g/mol. The first kappa shape index (κ1) is 8.25. The Balaban J connectivity index is 2.33. The van der Waals surface area contributed by atoms with E-state index in [2.05, 4.69) is 0 Å². The van der Waals surface area contributed by atoms with Gasteiger partial charge in [-0.2, -0.15) is 0 Å². The number of carbonyl (C=O) groups excluding carboxylic acids is 1. The Morgan fingerprint density at radius 1 is 1.69 bits per heavy atom. The van der Waals surface area contributed by atoms with Crippen LogP contribution in [-0.4, -0.2) is 11.8 Å². The summed E-state index contributed by atoms with van der Waals surface area (Å²) >= 11 is 1.65. The first-order chi connectivity index (χ1) is 6.29. The lowest BCUT2D eigenvalue weighted by Gasteiger charge is -2.12. The van der Waals surface area contributed by atoms with E-state index in [1.807, 2.05) is 16.5 Å². The van der Waals surface area contributed by atoms with Crippen molar-refractivity contribution in [2.45, 2.75) is 0 Å². The first-order valence-electron chi connectivity index (χ1n) is 3.71. The van der Waals surface area contributed by atoms with Crippen LogP contribution in [0.4, 0.5) is 5.69 Å². The molecule has 0 unspecified atom stereocenters. The fourth-order valence-electron chi connectivity index (χ4n) is 1.15. The number of carbonyl (C=O) groups is 1. The third kappa shape index (κ3) is 1.42. The minimum Gasteiger partial charge on any atom is -0.457 e. The average Bonchev–Trinajstić information content (AvgIpc) is 2.74. The van der Waals surface area contributed by atoms with E-state index in [1.54, 1.807) is 17.8 Å². The van der Waals surface area contributed by atoms with Crippen LogP contribution in [-0.2, 0) is 0 Å². The van der Waals surface area contributed by atoms with Gasteiger partial charge in [0.1, 0.15) is 0 Å². The highest BCUT2D eigenvalue weighted by atomic mass is 32.2. The van der Waals surface area contributed by atoms with E-state index < -0.39 is 5.91 Å². The number of nitrogens with two attached hydrogens (primary N) is 1. The predicted molar refractivity (Wildman–Crippen MR) is 51.3 cm³/mol. The van der Waals surface area contributed by atoms with Crippen molar-refractivity contribution in [3.63, 3.8) is 0 Å². The molecule has 0 radical (unpaired) electrons. The Kier molecular flexibility index (Phi) is 2.02. The topological polar surface area (TPSA) is 59.5 Å². The molecule has 13 heavy (non-hydrogen) atoms. The van der Waals surface area contributed by atoms with E-state index in [9.17, 15) is 4.79 Å². The lowest BCUT2D eigenvalue weighted by molar-refractivity contribution is 0.0974. The molecule has 0 spiro atoms. The molecule has 0 saturated heterocycles. The summed E-state index contributed by atoms with van der Waals surface area (Å²) in [7, 11) is 0. The molecular formula is C8H8N2O2S. The summed E-state index contributed by atoms with van der Waals surface area (Å²) in [5.74, 6) is 0.470. The second-order valence-electron chi connectivity index (χ2n) is 2.55. The molecule has 0 bridgehead atoms. The maximum atomic E-state index is 10.9. The molecule has 2 heterocycles. The van der Waals surface area contributed by atoms with Crippen molar-refractivity contribution in [2.24, 2.45) is 5.73 Å². The van der Waals surface area contributed by atoms with Crippen molar-refractivity contribution >= 4 is 23.4 Å². The van der Waals surface area contributed by atoms with Crippen molar-refractivity contribution in [2.75, 3.05) is 10.8 Å². The largest absolute Gasteiger partial charge is 0.457 e. The normalized spacial score (nSPS) is 15.2. The maximum absolute atomic E-state index is 10.9. The summed E-state index contributed by atoms with van der Waals surface area (Å²) in [5, 5.41) is 1.96. The van der Waals surface area contributed by atoms with Crippen molar-refractivity contribution in [1.82, 2.24) is 0 Å². The SMILES string of the molecule is NC(=O)c1occc1N1C=CSC1. The number of thioether (sulfide) groups is 1. The molecule has 0 saturated carbocycles. The van der Waals surface area contributed by atoms with Gasteiger partial charge in [0.25, 0.3) is 5.91 Å². The fourth-order valence-corrected chi connectivity index (χ4v) is 1.85. The molecule has 0 aromatic carbocycles. The maximum Gasteiger partial charge on any atom is 0.286 e. The smallest absolute Gasteiger partial charge is 0.286 e. The van der Waals surface area contributed by atoms with Crippen LogP contribution in [0.3, 0.4) is 0 Å². The number of anilines is 1. The third-order valence-electron chi connectivity index (χ3n) is 1.73. The quantitative estimate of drug-likeness (QED) is 0.775. The van der Waals surface area contributed by atoms with Crippen LogP contribution in [0.2, 0.25) is 0 Å². The number of hydrogen-bond donors (Lipinski definition) is 1. The molecule has 0 atom stereocenters.